The van der Waals surface area contributed by atoms with E-state index < -0.39 is 10.0 Å². The number of sulfonamides is 1. The quantitative estimate of drug-likeness (QED) is 0.821. The van der Waals surface area contributed by atoms with Gasteiger partial charge in [-0.3, -0.25) is 0 Å². The summed E-state index contributed by atoms with van der Waals surface area (Å²) >= 11 is 0. The monoisotopic (exact) mass is 323 g/mol. The molecule has 2 rings (SSSR count). The van der Waals surface area contributed by atoms with Gasteiger partial charge in [-0.05, 0) is 29.8 Å². The lowest BCUT2D eigenvalue weighted by Crippen LogP contribution is -2.30. The van der Waals surface area contributed by atoms with Crippen molar-refractivity contribution >= 4 is 10.0 Å². The Balaban J connectivity index is 2.37. The zero-order chi connectivity index (χ0) is 16.2. The van der Waals surface area contributed by atoms with Crippen molar-refractivity contribution in [2.75, 3.05) is 13.7 Å². The molecule has 0 spiro atoms. The second-order valence-electron chi connectivity index (χ2n) is 4.71. The fraction of sp³-hybridized carbons (Fsp3) is 0.250. The maximum absolute atomic E-state index is 13.3. The van der Waals surface area contributed by atoms with Crippen molar-refractivity contribution in [3.63, 3.8) is 0 Å². The molecule has 0 unspecified atom stereocenters. The van der Waals surface area contributed by atoms with Crippen LogP contribution < -0.4 is 4.74 Å². The summed E-state index contributed by atoms with van der Waals surface area (Å²) in [4.78, 5) is 0.107. The third-order valence-corrected chi connectivity index (χ3v) is 5.25. The summed E-state index contributed by atoms with van der Waals surface area (Å²) < 4.78 is 45.3. The van der Waals surface area contributed by atoms with Crippen LogP contribution >= 0.6 is 0 Å². The summed E-state index contributed by atoms with van der Waals surface area (Å²) in [5.41, 5.74) is 0.598. The molecule has 0 heterocycles. The van der Waals surface area contributed by atoms with E-state index in [9.17, 15) is 12.8 Å². The Kier molecular flexibility index (Phi) is 5.15. The van der Waals surface area contributed by atoms with E-state index in [0.29, 0.717) is 11.3 Å². The van der Waals surface area contributed by atoms with Gasteiger partial charge in [0.15, 0.2) is 0 Å². The molecule has 0 aliphatic rings. The molecule has 0 saturated carbocycles. The molecular formula is C16H18FNO3S. The van der Waals surface area contributed by atoms with Crippen LogP contribution in [0.15, 0.2) is 53.4 Å². The number of benzene rings is 2. The van der Waals surface area contributed by atoms with Crippen LogP contribution in [0.25, 0.3) is 0 Å². The minimum absolute atomic E-state index is 0.106. The molecule has 0 N–H and O–H groups in total. The Bertz CT molecular complexity index is 747. The van der Waals surface area contributed by atoms with Gasteiger partial charge in [0.25, 0.3) is 0 Å². The molecule has 4 nitrogen and oxygen atoms in total. The SMILES string of the molecule is CCN(Cc1cccc(F)c1)S(=O)(=O)c1ccccc1OC. The predicted molar refractivity (Wildman–Crippen MR) is 82.7 cm³/mol. The standard InChI is InChI=1S/C16H18FNO3S/c1-3-18(12-13-7-6-8-14(17)11-13)22(19,20)16-10-5-4-9-15(16)21-2/h4-11H,3,12H2,1-2H3. The zero-order valence-electron chi connectivity index (χ0n) is 12.5. The van der Waals surface area contributed by atoms with Crippen molar-refractivity contribution in [2.24, 2.45) is 0 Å². The van der Waals surface area contributed by atoms with Gasteiger partial charge in [0.05, 0.1) is 7.11 Å². The summed E-state index contributed by atoms with van der Waals surface area (Å²) in [7, 11) is -2.29. The van der Waals surface area contributed by atoms with Gasteiger partial charge in [0.1, 0.15) is 16.5 Å². The molecule has 6 heteroatoms. The minimum Gasteiger partial charge on any atom is -0.495 e. The molecule has 22 heavy (non-hydrogen) atoms. The molecule has 0 bridgehead atoms. The van der Waals surface area contributed by atoms with Crippen LogP contribution in [-0.4, -0.2) is 26.4 Å². The van der Waals surface area contributed by atoms with Crippen LogP contribution in [0, 0.1) is 5.82 Å². The number of para-hydroxylation sites is 1. The van der Waals surface area contributed by atoms with Crippen molar-refractivity contribution in [2.45, 2.75) is 18.4 Å². The van der Waals surface area contributed by atoms with Gasteiger partial charge in [-0.1, -0.05) is 31.2 Å². The summed E-state index contributed by atoms with van der Waals surface area (Å²) in [6.07, 6.45) is 0. The molecule has 0 aromatic heterocycles. The molecule has 118 valence electrons. The molecule has 0 saturated heterocycles. The highest BCUT2D eigenvalue weighted by atomic mass is 32.2. The fourth-order valence-corrected chi connectivity index (χ4v) is 3.77. The molecule has 2 aromatic rings. The second-order valence-corrected chi connectivity index (χ2v) is 6.62. The number of hydrogen-bond acceptors (Lipinski definition) is 3. The molecule has 2 aromatic carbocycles. The lowest BCUT2D eigenvalue weighted by molar-refractivity contribution is 0.391. The summed E-state index contributed by atoms with van der Waals surface area (Å²) in [5, 5.41) is 0. The number of rotatable bonds is 6. The van der Waals surface area contributed by atoms with Crippen molar-refractivity contribution < 1.29 is 17.5 Å². The van der Waals surface area contributed by atoms with E-state index >= 15 is 0 Å². The van der Waals surface area contributed by atoms with E-state index in [0.717, 1.165) is 0 Å². The molecule has 0 aliphatic carbocycles. The van der Waals surface area contributed by atoms with Crippen LogP contribution in [0.1, 0.15) is 12.5 Å². The molecule has 0 aliphatic heterocycles. The highest BCUT2D eigenvalue weighted by molar-refractivity contribution is 7.89. The van der Waals surface area contributed by atoms with Gasteiger partial charge in [-0.15, -0.1) is 0 Å². The van der Waals surface area contributed by atoms with Crippen LogP contribution in [0.3, 0.4) is 0 Å². The maximum atomic E-state index is 13.3. The van der Waals surface area contributed by atoms with Gasteiger partial charge in [0.2, 0.25) is 10.0 Å². The van der Waals surface area contributed by atoms with Crippen molar-refractivity contribution in [3.05, 3.63) is 59.9 Å². The first-order valence-corrected chi connectivity index (χ1v) is 8.30. The summed E-state index contributed by atoms with van der Waals surface area (Å²) in [6, 6.07) is 12.4. The van der Waals surface area contributed by atoms with Gasteiger partial charge in [-0.2, -0.15) is 4.31 Å². The molecule has 0 fully saturated rings. The maximum Gasteiger partial charge on any atom is 0.247 e. The number of halogens is 1. The molecule has 0 amide bonds. The van der Waals surface area contributed by atoms with Gasteiger partial charge in [0, 0.05) is 13.1 Å². The lowest BCUT2D eigenvalue weighted by Gasteiger charge is -2.21. The molecule has 0 radical (unpaired) electrons. The fourth-order valence-electron chi connectivity index (χ4n) is 2.18. The first-order valence-electron chi connectivity index (χ1n) is 6.86. The first kappa shape index (κ1) is 16.5. The van der Waals surface area contributed by atoms with Crippen molar-refractivity contribution in [1.29, 1.82) is 0 Å². The largest absolute Gasteiger partial charge is 0.495 e. The molecule has 0 atom stereocenters. The predicted octanol–water partition coefficient (Wildman–Crippen LogP) is 3.05. The van der Waals surface area contributed by atoms with Crippen LogP contribution in [0.4, 0.5) is 4.39 Å². The van der Waals surface area contributed by atoms with E-state index in [-0.39, 0.29) is 23.8 Å². The third kappa shape index (κ3) is 3.45. The van der Waals surface area contributed by atoms with Crippen molar-refractivity contribution in [3.8, 4) is 5.75 Å². The topological polar surface area (TPSA) is 46.6 Å². The molecular weight excluding hydrogens is 305 g/mol. The highest BCUT2D eigenvalue weighted by Gasteiger charge is 2.26. The Morgan fingerprint density at radius 2 is 1.86 bits per heavy atom. The van der Waals surface area contributed by atoms with Crippen LogP contribution in [0.5, 0.6) is 5.75 Å². The van der Waals surface area contributed by atoms with E-state index in [1.165, 1.54) is 29.6 Å². The number of nitrogens with zero attached hydrogens (tertiary/aromatic N) is 1. The number of ether oxygens (including phenoxy) is 1. The minimum atomic E-state index is -3.72. The van der Waals surface area contributed by atoms with Gasteiger partial charge < -0.3 is 4.74 Å². The normalized spacial score (nSPS) is 11.6. The Morgan fingerprint density at radius 1 is 1.14 bits per heavy atom. The number of hydrogen-bond donors (Lipinski definition) is 0. The average molecular weight is 323 g/mol. The highest BCUT2D eigenvalue weighted by Crippen LogP contribution is 2.27. The van der Waals surface area contributed by atoms with E-state index in [1.807, 2.05) is 0 Å². The van der Waals surface area contributed by atoms with E-state index in [2.05, 4.69) is 0 Å². The number of methoxy groups -OCH3 is 1. The average Bonchev–Trinajstić information content (AvgIpc) is 2.52. The van der Waals surface area contributed by atoms with Crippen LogP contribution in [-0.2, 0) is 16.6 Å². The first-order chi connectivity index (χ1) is 10.5. The Morgan fingerprint density at radius 3 is 2.50 bits per heavy atom. The lowest BCUT2D eigenvalue weighted by atomic mass is 10.2. The second kappa shape index (κ2) is 6.89. The van der Waals surface area contributed by atoms with Crippen molar-refractivity contribution in [1.82, 2.24) is 4.31 Å². The van der Waals surface area contributed by atoms with E-state index in [4.69, 9.17) is 4.74 Å². The Labute approximate surface area is 130 Å². The zero-order valence-corrected chi connectivity index (χ0v) is 13.3. The van der Waals surface area contributed by atoms with Gasteiger partial charge in [-0.25, -0.2) is 12.8 Å². The van der Waals surface area contributed by atoms with Gasteiger partial charge >= 0.3 is 0 Å². The smallest absolute Gasteiger partial charge is 0.247 e. The summed E-state index contributed by atoms with van der Waals surface area (Å²) in [5.74, 6) is -0.0940. The summed E-state index contributed by atoms with van der Waals surface area (Å²) in [6.45, 7) is 2.12. The van der Waals surface area contributed by atoms with E-state index in [1.54, 1.807) is 37.3 Å². The van der Waals surface area contributed by atoms with Crippen LogP contribution in [0.2, 0.25) is 0 Å². The Hall–Kier alpha value is -1.92. The third-order valence-electron chi connectivity index (χ3n) is 3.29.